The van der Waals surface area contributed by atoms with E-state index < -0.39 is 0 Å². The van der Waals surface area contributed by atoms with E-state index in [1.165, 1.54) is 11.3 Å². The first-order chi connectivity index (χ1) is 11.1. The smallest absolute Gasteiger partial charge is 0.261 e. The number of nitrogens with one attached hydrogen (secondary N) is 1. The topological polar surface area (TPSA) is 72.9 Å². The molecular formula is C17H21ClN4OS. The fourth-order valence-electron chi connectivity index (χ4n) is 2.34. The number of nitrogens with zero attached hydrogens (tertiary/aromatic N) is 2. The molecule has 2 aromatic heterocycles. The molecular weight excluding hydrogens is 344 g/mol. The molecule has 0 fully saturated rings. The van der Waals surface area contributed by atoms with Gasteiger partial charge in [0.05, 0.1) is 16.3 Å². The van der Waals surface area contributed by atoms with E-state index in [1.54, 1.807) is 0 Å². The van der Waals surface area contributed by atoms with Crippen LogP contribution in [0.1, 0.15) is 22.3 Å². The highest BCUT2D eigenvalue weighted by Gasteiger charge is 2.17. The molecule has 1 unspecified atom stereocenters. The predicted molar refractivity (Wildman–Crippen MR) is 101 cm³/mol. The number of nitrogens with two attached hydrogens (primary N) is 1. The summed E-state index contributed by atoms with van der Waals surface area (Å²) < 4.78 is 1.90. The van der Waals surface area contributed by atoms with Crippen molar-refractivity contribution < 1.29 is 4.79 Å². The molecule has 7 heteroatoms. The number of aromatic nitrogens is 2. The van der Waals surface area contributed by atoms with Gasteiger partial charge in [0.1, 0.15) is 4.83 Å². The van der Waals surface area contributed by atoms with Gasteiger partial charge in [0, 0.05) is 11.9 Å². The third kappa shape index (κ3) is 3.61. The summed E-state index contributed by atoms with van der Waals surface area (Å²) in [7, 11) is 0. The summed E-state index contributed by atoms with van der Waals surface area (Å²) in [4.78, 5) is 14.0. The van der Waals surface area contributed by atoms with Crippen molar-refractivity contribution in [2.45, 2.75) is 13.8 Å². The third-order valence-corrected chi connectivity index (χ3v) is 4.89. The summed E-state index contributed by atoms with van der Waals surface area (Å²) in [6, 6.07) is 11.9. The number of halogens is 1. The number of amides is 1. The Bertz CT molecular complexity index is 828. The van der Waals surface area contributed by atoms with E-state index in [-0.39, 0.29) is 24.2 Å². The number of carbonyl (C=O) groups excluding carboxylic acids is 1. The fraction of sp³-hybridized carbons (Fsp3) is 0.294. The summed E-state index contributed by atoms with van der Waals surface area (Å²) in [5.74, 6) is 0.223. The summed E-state index contributed by atoms with van der Waals surface area (Å²) in [5, 5.41) is 8.55. The number of rotatable bonds is 5. The van der Waals surface area contributed by atoms with Crippen molar-refractivity contribution in [3.63, 3.8) is 0 Å². The van der Waals surface area contributed by atoms with Gasteiger partial charge in [-0.05, 0) is 37.6 Å². The van der Waals surface area contributed by atoms with Gasteiger partial charge in [-0.15, -0.1) is 23.7 Å². The second-order valence-corrected chi connectivity index (χ2v) is 6.74. The van der Waals surface area contributed by atoms with Gasteiger partial charge in [0.25, 0.3) is 5.91 Å². The molecule has 128 valence electrons. The number of hydrogen-bond acceptors (Lipinski definition) is 4. The molecule has 0 aliphatic heterocycles. The van der Waals surface area contributed by atoms with E-state index >= 15 is 0 Å². The lowest BCUT2D eigenvalue weighted by atomic mass is 10.2. The predicted octanol–water partition coefficient (Wildman–Crippen LogP) is 3.14. The molecule has 0 radical (unpaired) electrons. The summed E-state index contributed by atoms with van der Waals surface area (Å²) in [6.07, 6.45) is 0. The lowest BCUT2D eigenvalue weighted by Gasteiger charge is -2.08. The monoisotopic (exact) mass is 364 g/mol. The van der Waals surface area contributed by atoms with Gasteiger partial charge in [0.15, 0.2) is 0 Å². The quantitative estimate of drug-likeness (QED) is 0.730. The Kier molecular flexibility index (Phi) is 5.99. The van der Waals surface area contributed by atoms with E-state index in [0.29, 0.717) is 18.0 Å². The number of para-hydroxylation sites is 1. The van der Waals surface area contributed by atoms with E-state index in [2.05, 4.69) is 10.4 Å². The van der Waals surface area contributed by atoms with Crippen LogP contribution in [0.2, 0.25) is 0 Å². The Balaban J connectivity index is 0.00000208. The molecule has 1 atom stereocenters. The molecule has 0 spiro atoms. The molecule has 0 saturated heterocycles. The zero-order chi connectivity index (χ0) is 16.4. The van der Waals surface area contributed by atoms with Gasteiger partial charge in [0.2, 0.25) is 0 Å². The van der Waals surface area contributed by atoms with E-state index in [1.807, 2.05) is 54.9 Å². The van der Waals surface area contributed by atoms with Crippen LogP contribution >= 0.6 is 23.7 Å². The van der Waals surface area contributed by atoms with Gasteiger partial charge in [-0.2, -0.15) is 5.10 Å². The Hall–Kier alpha value is -1.89. The normalized spacial score (nSPS) is 12.0. The minimum atomic E-state index is -0.0505. The van der Waals surface area contributed by atoms with Crippen LogP contribution in [0.25, 0.3) is 15.9 Å². The van der Waals surface area contributed by atoms with Crippen molar-refractivity contribution >= 4 is 39.9 Å². The average molecular weight is 365 g/mol. The molecule has 0 aliphatic carbocycles. The Morgan fingerprint density at radius 3 is 2.75 bits per heavy atom. The van der Waals surface area contributed by atoms with E-state index in [4.69, 9.17) is 5.73 Å². The molecule has 0 aliphatic rings. The summed E-state index contributed by atoms with van der Waals surface area (Å²) >= 11 is 1.46. The second kappa shape index (κ2) is 7.79. The summed E-state index contributed by atoms with van der Waals surface area (Å²) in [5.41, 5.74) is 7.51. The van der Waals surface area contributed by atoms with Gasteiger partial charge in [-0.25, -0.2) is 4.68 Å². The molecule has 3 N–H and O–H groups in total. The number of carbonyl (C=O) groups is 1. The second-order valence-electron chi connectivity index (χ2n) is 5.71. The van der Waals surface area contributed by atoms with Crippen molar-refractivity contribution in [1.82, 2.24) is 15.1 Å². The number of thiophene rings is 1. The molecule has 3 rings (SSSR count). The van der Waals surface area contributed by atoms with Crippen LogP contribution in [-0.4, -0.2) is 28.8 Å². The molecule has 2 heterocycles. The maximum absolute atomic E-state index is 12.3. The van der Waals surface area contributed by atoms with E-state index in [9.17, 15) is 4.79 Å². The van der Waals surface area contributed by atoms with E-state index in [0.717, 1.165) is 21.6 Å². The van der Waals surface area contributed by atoms with Crippen molar-refractivity contribution in [3.05, 3.63) is 47.0 Å². The first-order valence-corrected chi connectivity index (χ1v) is 8.44. The molecule has 24 heavy (non-hydrogen) atoms. The molecule has 3 aromatic rings. The number of aryl methyl sites for hydroxylation is 1. The Labute approximate surface area is 151 Å². The first-order valence-electron chi connectivity index (χ1n) is 7.63. The van der Waals surface area contributed by atoms with Crippen LogP contribution in [0.15, 0.2) is 36.4 Å². The molecule has 1 amide bonds. The van der Waals surface area contributed by atoms with Crippen molar-refractivity contribution in [2.24, 2.45) is 11.7 Å². The minimum Gasteiger partial charge on any atom is -0.351 e. The van der Waals surface area contributed by atoms with Gasteiger partial charge < -0.3 is 11.1 Å². The minimum absolute atomic E-state index is 0. The lowest BCUT2D eigenvalue weighted by Crippen LogP contribution is -2.30. The van der Waals surface area contributed by atoms with Crippen LogP contribution in [0.3, 0.4) is 0 Å². The average Bonchev–Trinajstić information content (AvgIpc) is 3.14. The fourth-order valence-corrected chi connectivity index (χ4v) is 3.44. The Morgan fingerprint density at radius 2 is 2.08 bits per heavy atom. The van der Waals surface area contributed by atoms with Crippen LogP contribution in [0.4, 0.5) is 0 Å². The van der Waals surface area contributed by atoms with Gasteiger partial charge in [-0.3, -0.25) is 4.79 Å². The highest BCUT2D eigenvalue weighted by atomic mass is 35.5. The van der Waals surface area contributed by atoms with Crippen molar-refractivity contribution in [3.8, 4) is 5.69 Å². The Morgan fingerprint density at radius 1 is 1.38 bits per heavy atom. The zero-order valence-electron chi connectivity index (χ0n) is 13.7. The maximum atomic E-state index is 12.3. The van der Waals surface area contributed by atoms with Gasteiger partial charge >= 0.3 is 0 Å². The number of fused-ring (bicyclic) bond motifs is 1. The maximum Gasteiger partial charge on any atom is 0.261 e. The number of benzene rings is 1. The van der Waals surface area contributed by atoms with Crippen molar-refractivity contribution in [1.29, 1.82) is 0 Å². The van der Waals surface area contributed by atoms with Crippen LogP contribution < -0.4 is 11.1 Å². The van der Waals surface area contributed by atoms with Crippen molar-refractivity contribution in [2.75, 3.05) is 13.1 Å². The van der Waals surface area contributed by atoms with Crippen LogP contribution in [-0.2, 0) is 0 Å². The first kappa shape index (κ1) is 18.4. The number of hydrogen-bond donors (Lipinski definition) is 2. The largest absolute Gasteiger partial charge is 0.351 e. The molecule has 0 bridgehead atoms. The zero-order valence-corrected chi connectivity index (χ0v) is 15.3. The van der Waals surface area contributed by atoms with Gasteiger partial charge in [-0.1, -0.05) is 25.1 Å². The van der Waals surface area contributed by atoms with Crippen LogP contribution in [0, 0.1) is 12.8 Å². The lowest BCUT2D eigenvalue weighted by molar-refractivity contribution is 0.0952. The molecule has 1 aromatic carbocycles. The third-order valence-electron chi connectivity index (χ3n) is 3.78. The molecule has 5 nitrogen and oxygen atoms in total. The highest BCUT2D eigenvalue weighted by Crippen LogP contribution is 2.30. The standard InChI is InChI=1S/C17H20N4OS.ClH/c1-11(9-18)10-19-16(22)15-8-14-12(2)20-21(17(14)23-15)13-6-4-3-5-7-13;/h3-8,11H,9-10,18H2,1-2H3,(H,19,22);1H. The van der Waals surface area contributed by atoms with Crippen LogP contribution in [0.5, 0.6) is 0 Å². The highest BCUT2D eigenvalue weighted by molar-refractivity contribution is 7.20. The SMILES string of the molecule is Cc1nn(-c2ccccc2)c2sc(C(=O)NCC(C)CN)cc12.Cl. The summed E-state index contributed by atoms with van der Waals surface area (Å²) in [6.45, 7) is 5.14. The molecule has 0 saturated carbocycles.